The number of hydrogen-bond donors (Lipinski definition) is 4. The summed E-state index contributed by atoms with van der Waals surface area (Å²) in [5.41, 5.74) is 0. The summed E-state index contributed by atoms with van der Waals surface area (Å²) in [6.45, 7) is 4.69. The third-order valence-corrected chi connectivity index (χ3v) is 5.90. The van der Waals surface area contributed by atoms with Gasteiger partial charge in [0.1, 0.15) is 18.3 Å². The van der Waals surface area contributed by atoms with E-state index in [0.717, 1.165) is 44.6 Å². The molecule has 7 nitrogen and oxygen atoms in total. The summed E-state index contributed by atoms with van der Waals surface area (Å²) in [6, 6.07) is 0. The minimum atomic E-state index is -1.84. The van der Waals surface area contributed by atoms with Crippen LogP contribution in [0.2, 0.25) is 0 Å². The van der Waals surface area contributed by atoms with Crippen molar-refractivity contribution in [2.24, 2.45) is 0 Å². The summed E-state index contributed by atoms with van der Waals surface area (Å²) >= 11 is 0. The van der Waals surface area contributed by atoms with Gasteiger partial charge in [-0.05, 0) is 32.1 Å². The highest BCUT2D eigenvalue weighted by Gasteiger charge is 2.37. The van der Waals surface area contributed by atoms with Crippen molar-refractivity contribution >= 4 is 11.8 Å². The number of carbonyl (C=O) groups excluding carboxylic acids is 2. The molecule has 0 spiro atoms. The van der Waals surface area contributed by atoms with Gasteiger partial charge in [0.25, 0.3) is 0 Å². The van der Waals surface area contributed by atoms with Gasteiger partial charge in [-0.3, -0.25) is 4.79 Å². The Hall–Kier alpha value is -1.54. The number of Topliss-reactive ketones (excluding diaryl/α,β-unsaturated/α-hetero) is 1. The second-order valence-corrected chi connectivity index (χ2v) is 8.95. The number of esters is 1. The molecule has 4 N–H and O–H groups in total. The molecule has 0 unspecified atom stereocenters. The molecule has 4 atom stereocenters. The molecular weight excluding hydrogens is 436 g/mol. The molecular formula is C27H48O7. The second kappa shape index (κ2) is 22.0. The lowest BCUT2D eigenvalue weighted by Gasteiger charge is -2.27. The Balaban J connectivity index is 4.01. The number of ether oxygens (including phenoxy) is 1. The van der Waals surface area contributed by atoms with Crippen LogP contribution in [0, 0.1) is 0 Å². The smallest absolute Gasteiger partial charge is 0.330 e. The van der Waals surface area contributed by atoms with E-state index in [1.54, 1.807) is 0 Å². The van der Waals surface area contributed by atoms with Crippen LogP contribution in [-0.2, 0) is 14.3 Å². The van der Waals surface area contributed by atoms with Crippen LogP contribution in [0.5, 0.6) is 0 Å². The van der Waals surface area contributed by atoms with Crippen molar-refractivity contribution in [3.8, 4) is 0 Å². The van der Waals surface area contributed by atoms with E-state index in [0.29, 0.717) is 6.42 Å². The van der Waals surface area contributed by atoms with Gasteiger partial charge in [-0.15, -0.1) is 0 Å². The number of hydrogen-bond acceptors (Lipinski definition) is 7. The maximum Gasteiger partial charge on any atom is 0.330 e. The van der Waals surface area contributed by atoms with Crippen LogP contribution in [0.15, 0.2) is 24.8 Å². The molecule has 0 rings (SSSR count). The van der Waals surface area contributed by atoms with Gasteiger partial charge in [-0.2, -0.15) is 0 Å². The van der Waals surface area contributed by atoms with Gasteiger partial charge in [0.15, 0.2) is 11.9 Å². The molecule has 0 saturated heterocycles. The Kier molecular flexibility index (Phi) is 21.0. The minimum Gasteiger partial charge on any atom is -0.448 e. The lowest BCUT2D eigenvalue weighted by atomic mass is 9.97. The summed E-state index contributed by atoms with van der Waals surface area (Å²) in [6.07, 6.45) is 14.6. The van der Waals surface area contributed by atoms with E-state index in [4.69, 9.17) is 9.84 Å². The molecule has 7 heteroatoms. The van der Waals surface area contributed by atoms with Crippen molar-refractivity contribution in [2.45, 2.75) is 128 Å². The van der Waals surface area contributed by atoms with E-state index < -0.39 is 42.8 Å². The first-order valence-electron chi connectivity index (χ1n) is 13.0. The number of rotatable bonds is 23. The Labute approximate surface area is 205 Å². The first-order chi connectivity index (χ1) is 16.4. The molecule has 0 saturated carbocycles. The molecule has 34 heavy (non-hydrogen) atoms. The normalized spacial score (nSPS) is 15.1. The van der Waals surface area contributed by atoms with Crippen LogP contribution in [0.1, 0.15) is 103 Å². The number of aliphatic hydroxyl groups excluding tert-OH is 4. The van der Waals surface area contributed by atoms with Gasteiger partial charge in [0, 0.05) is 12.5 Å². The van der Waals surface area contributed by atoms with Gasteiger partial charge in [-0.25, -0.2) is 4.79 Å². The van der Waals surface area contributed by atoms with E-state index in [9.17, 15) is 24.9 Å². The maximum atomic E-state index is 12.5. The van der Waals surface area contributed by atoms with E-state index in [1.165, 1.54) is 44.9 Å². The highest BCUT2D eigenvalue weighted by atomic mass is 16.6. The minimum absolute atomic E-state index is 0.0786. The molecule has 0 aliphatic heterocycles. The van der Waals surface area contributed by atoms with Crippen molar-refractivity contribution in [1.29, 1.82) is 0 Å². The standard InChI is InChI=1S/C27H48O7/c1-3-5-6-7-8-9-10-11-12-13-14-15-16-17-18-19-20-22(29)27(34-24(31)4-2)26(33)25(32)23(30)21-28/h4,11-12,23,25-28,30,32-33H,2-3,5-10,13-21H2,1H3/b12-11-/t23-,25-,26+,27+/m1/s1. The van der Waals surface area contributed by atoms with Gasteiger partial charge in [0.05, 0.1) is 6.61 Å². The van der Waals surface area contributed by atoms with Gasteiger partial charge in [-0.1, -0.05) is 83.4 Å². The molecule has 198 valence electrons. The quantitative estimate of drug-likeness (QED) is 0.0743. The van der Waals surface area contributed by atoms with Crippen molar-refractivity contribution < 1.29 is 34.8 Å². The summed E-state index contributed by atoms with van der Waals surface area (Å²) < 4.78 is 4.90. The largest absolute Gasteiger partial charge is 0.448 e. The molecule has 0 aliphatic carbocycles. The predicted octanol–water partition coefficient (Wildman–Crippen LogP) is 4.16. The zero-order valence-electron chi connectivity index (χ0n) is 21.1. The zero-order chi connectivity index (χ0) is 25.6. The number of carbonyl (C=O) groups is 2. The Bertz CT molecular complexity index is 561. The molecule has 0 radical (unpaired) electrons. The van der Waals surface area contributed by atoms with Crippen LogP contribution in [0.3, 0.4) is 0 Å². The van der Waals surface area contributed by atoms with Crippen LogP contribution in [-0.4, -0.2) is 63.2 Å². The van der Waals surface area contributed by atoms with Gasteiger partial charge in [0.2, 0.25) is 0 Å². The third kappa shape index (κ3) is 16.1. The molecule has 0 aromatic rings. The fraction of sp³-hybridized carbons (Fsp3) is 0.778. The van der Waals surface area contributed by atoms with Crippen molar-refractivity contribution in [3.63, 3.8) is 0 Å². The Morgan fingerprint density at radius 2 is 1.29 bits per heavy atom. The fourth-order valence-corrected chi connectivity index (χ4v) is 3.70. The van der Waals surface area contributed by atoms with E-state index >= 15 is 0 Å². The summed E-state index contributed by atoms with van der Waals surface area (Å²) in [4.78, 5) is 24.0. The van der Waals surface area contributed by atoms with Crippen molar-refractivity contribution in [1.82, 2.24) is 0 Å². The summed E-state index contributed by atoms with van der Waals surface area (Å²) in [5.74, 6) is -1.45. The van der Waals surface area contributed by atoms with Gasteiger partial charge < -0.3 is 25.2 Å². The summed E-state index contributed by atoms with van der Waals surface area (Å²) in [5, 5.41) is 38.5. The molecule has 0 aliphatic rings. The number of aliphatic hydroxyl groups is 4. The average molecular weight is 485 g/mol. The highest BCUT2D eigenvalue weighted by molar-refractivity contribution is 5.88. The van der Waals surface area contributed by atoms with E-state index in [1.807, 2.05) is 0 Å². The average Bonchev–Trinajstić information content (AvgIpc) is 2.85. The predicted molar refractivity (Wildman–Crippen MR) is 134 cm³/mol. The fourth-order valence-electron chi connectivity index (χ4n) is 3.70. The third-order valence-electron chi connectivity index (χ3n) is 5.90. The highest BCUT2D eigenvalue weighted by Crippen LogP contribution is 2.15. The first-order valence-corrected chi connectivity index (χ1v) is 13.0. The Morgan fingerprint density at radius 1 is 0.794 bits per heavy atom. The van der Waals surface area contributed by atoms with E-state index in [2.05, 4.69) is 25.7 Å². The molecule has 0 aromatic carbocycles. The van der Waals surface area contributed by atoms with Crippen LogP contribution in [0.4, 0.5) is 0 Å². The van der Waals surface area contributed by atoms with Crippen molar-refractivity contribution in [2.75, 3.05) is 6.61 Å². The number of ketones is 1. The monoisotopic (exact) mass is 484 g/mol. The SMILES string of the molecule is C=CC(=O)O[C@@H](C(=O)CCCCCCCC/C=C\CCCCCCCC)[C@@H](O)[C@H](O)[C@H](O)CO. The topological polar surface area (TPSA) is 124 Å². The molecule has 0 heterocycles. The molecule has 0 fully saturated rings. The maximum absolute atomic E-state index is 12.5. The summed E-state index contributed by atoms with van der Waals surface area (Å²) in [7, 11) is 0. The lowest BCUT2D eigenvalue weighted by molar-refractivity contribution is -0.169. The molecule has 0 bridgehead atoms. The second-order valence-electron chi connectivity index (χ2n) is 8.95. The lowest BCUT2D eigenvalue weighted by Crippen LogP contribution is -2.50. The molecule has 0 aromatic heterocycles. The van der Waals surface area contributed by atoms with Crippen LogP contribution >= 0.6 is 0 Å². The zero-order valence-corrected chi connectivity index (χ0v) is 21.1. The molecule has 0 amide bonds. The van der Waals surface area contributed by atoms with E-state index in [-0.39, 0.29) is 6.42 Å². The number of unbranched alkanes of at least 4 members (excludes halogenated alkanes) is 12. The van der Waals surface area contributed by atoms with Crippen LogP contribution < -0.4 is 0 Å². The first kappa shape index (κ1) is 32.5. The Morgan fingerprint density at radius 3 is 1.79 bits per heavy atom. The van der Waals surface area contributed by atoms with Crippen LogP contribution in [0.25, 0.3) is 0 Å². The van der Waals surface area contributed by atoms with Crippen molar-refractivity contribution in [3.05, 3.63) is 24.8 Å². The number of allylic oxidation sites excluding steroid dienone is 2. The van der Waals surface area contributed by atoms with Gasteiger partial charge >= 0.3 is 5.97 Å².